The van der Waals surface area contributed by atoms with Gasteiger partial charge in [-0.2, -0.15) is 0 Å². The lowest BCUT2D eigenvalue weighted by Crippen LogP contribution is -2.50. The van der Waals surface area contributed by atoms with Gasteiger partial charge in [0.05, 0.1) is 6.04 Å². The number of nitrogens with one attached hydrogen (secondary N) is 1. The largest absolute Gasteiger partial charge is 0.355 e. The van der Waals surface area contributed by atoms with Crippen molar-refractivity contribution >= 4 is 5.91 Å². The molecule has 0 saturated heterocycles. The van der Waals surface area contributed by atoms with E-state index >= 15 is 0 Å². The second-order valence-corrected chi connectivity index (χ2v) is 5.60. The minimum Gasteiger partial charge on any atom is -0.355 e. The summed E-state index contributed by atoms with van der Waals surface area (Å²) in [5, 5.41) is 2.95. The smallest absolute Gasteiger partial charge is 0.237 e. The summed E-state index contributed by atoms with van der Waals surface area (Å²) in [5.41, 5.74) is 5.64. The van der Waals surface area contributed by atoms with E-state index in [2.05, 4.69) is 10.2 Å². The molecule has 0 spiro atoms. The van der Waals surface area contributed by atoms with Crippen LogP contribution in [0.1, 0.15) is 58.8 Å². The summed E-state index contributed by atoms with van der Waals surface area (Å²) in [7, 11) is 0. The maximum atomic E-state index is 12.1. The Hall–Kier alpha value is -0.610. The first-order chi connectivity index (χ1) is 9.20. The van der Waals surface area contributed by atoms with Crippen molar-refractivity contribution in [1.82, 2.24) is 10.2 Å². The molecule has 4 nitrogen and oxygen atoms in total. The van der Waals surface area contributed by atoms with E-state index < -0.39 is 0 Å². The average Bonchev–Trinajstić information content (AvgIpc) is 2.68. The van der Waals surface area contributed by atoms with Gasteiger partial charge in [-0.3, -0.25) is 9.69 Å². The fourth-order valence-corrected chi connectivity index (χ4v) is 3.03. The molecule has 19 heavy (non-hydrogen) atoms. The van der Waals surface area contributed by atoms with Crippen LogP contribution in [0.4, 0.5) is 0 Å². The van der Waals surface area contributed by atoms with Crippen LogP contribution in [-0.4, -0.2) is 42.5 Å². The molecule has 4 heteroatoms. The summed E-state index contributed by atoms with van der Waals surface area (Å²) in [6, 6.07) is 0.529. The van der Waals surface area contributed by atoms with E-state index in [0.29, 0.717) is 19.1 Å². The third kappa shape index (κ3) is 5.49. The molecule has 1 saturated carbocycles. The van der Waals surface area contributed by atoms with Crippen molar-refractivity contribution in [3.8, 4) is 0 Å². The van der Waals surface area contributed by atoms with Gasteiger partial charge in [-0.25, -0.2) is 0 Å². The van der Waals surface area contributed by atoms with E-state index in [1.807, 2.05) is 13.8 Å². The van der Waals surface area contributed by atoms with Gasteiger partial charge in [-0.1, -0.05) is 25.7 Å². The van der Waals surface area contributed by atoms with Crippen LogP contribution in [0.2, 0.25) is 0 Å². The zero-order chi connectivity index (χ0) is 14.1. The Labute approximate surface area is 118 Å². The number of hydrogen-bond acceptors (Lipinski definition) is 3. The van der Waals surface area contributed by atoms with Crippen LogP contribution in [0.15, 0.2) is 0 Å². The minimum atomic E-state index is -0.0328. The number of amides is 1. The number of carbonyl (C=O) groups is 1. The van der Waals surface area contributed by atoms with E-state index in [-0.39, 0.29) is 11.9 Å². The minimum absolute atomic E-state index is 0.0328. The molecule has 112 valence electrons. The molecule has 1 atom stereocenters. The van der Waals surface area contributed by atoms with Crippen LogP contribution >= 0.6 is 0 Å². The van der Waals surface area contributed by atoms with Gasteiger partial charge in [0.15, 0.2) is 0 Å². The Morgan fingerprint density at radius 3 is 2.47 bits per heavy atom. The van der Waals surface area contributed by atoms with Crippen LogP contribution in [0, 0.1) is 0 Å². The van der Waals surface area contributed by atoms with Crippen molar-refractivity contribution < 1.29 is 4.79 Å². The summed E-state index contributed by atoms with van der Waals surface area (Å²) < 4.78 is 0. The van der Waals surface area contributed by atoms with Gasteiger partial charge in [0.2, 0.25) is 5.91 Å². The van der Waals surface area contributed by atoms with Gasteiger partial charge in [0, 0.05) is 19.1 Å². The maximum absolute atomic E-state index is 12.1. The average molecular weight is 269 g/mol. The lowest BCUT2D eigenvalue weighted by molar-refractivity contribution is -0.126. The van der Waals surface area contributed by atoms with Crippen molar-refractivity contribution in [3.05, 3.63) is 0 Å². The lowest BCUT2D eigenvalue weighted by Gasteiger charge is -2.35. The van der Waals surface area contributed by atoms with Crippen LogP contribution in [0.25, 0.3) is 0 Å². The van der Waals surface area contributed by atoms with Gasteiger partial charge in [0.1, 0.15) is 0 Å². The second kappa shape index (κ2) is 9.32. The standard InChI is InChI=1S/C15H31N3O/c1-3-17-15(19)13(2)18(12-8-11-16)14-9-6-4-5-7-10-14/h13-14H,3-12,16H2,1-2H3,(H,17,19). The molecule has 1 rings (SSSR count). The highest BCUT2D eigenvalue weighted by Gasteiger charge is 2.27. The van der Waals surface area contributed by atoms with Crippen molar-refractivity contribution in [2.24, 2.45) is 5.73 Å². The van der Waals surface area contributed by atoms with Crippen molar-refractivity contribution in [3.63, 3.8) is 0 Å². The molecule has 0 aromatic carbocycles. The van der Waals surface area contributed by atoms with Gasteiger partial charge in [0.25, 0.3) is 0 Å². The monoisotopic (exact) mass is 269 g/mol. The predicted octanol–water partition coefficient (Wildman–Crippen LogP) is 1.88. The number of nitrogens with two attached hydrogens (primary N) is 1. The van der Waals surface area contributed by atoms with E-state index in [1.54, 1.807) is 0 Å². The molecule has 0 bridgehead atoms. The van der Waals surface area contributed by atoms with Crippen molar-refractivity contribution in [2.45, 2.75) is 70.9 Å². The Bertz CT molecular complexity index is 250. The third-order valence-corrected chi connectivity index (χ3v) is 4.14. The Morgan fingerprint density at radius 1 is 1.32 bits per heavy atom. The van der Waals surface area contributed by atoms with Gasteiger partial charge < -0.3 is 11.1 Å². The first kappa shape index (κ1) is 16.4. The zero-order valence-electron chi connectivity index (χ0n) is 12.7. The molecular weight excluding hydrogens is 238 g/mol. The van der Waals surface area contributed by atoms with E-state index in [1.165, 1.54) is 38.5 Å². The molecule has 0 heterocycles. The predicted molar refractivity (Wildman–Crippen MR) is 80.0 cm³/mol. The second-order valence-electron chi connectivity index (χ2n) is 5.60. The van der Waals surface area contributed by atoms with Crippen LogP contribution in [0.3, 0.4) is 0 Å². The lowest BCUT2D eigenvalue weighted by atomic mass is 10.0. The molecule has 1 aliphatic carbocycles. The number of hydrogen-bond donors (Lipinski definition) is 2. The third-order valence-electron chi connectivity index (χ3n) is 4.14. The zero-order valence-corrected chi connectivity index (χ0v) is 12.7. The summed E-state index contributed by atoms with van der Waals surface area (Å²) in [6.07, 6.45) is 8.72. The number of nitrogens with zero attached hydrogens (tertiary/aromatic N) is 1. The molecule has 0 aromatic heterocycles. The summed E-state index contributed by atoms with van der Waals surface area (Å²) in [5.74, 6) is 0.156. The normalized spacial score (nSPS) is 19.2. The van der Waals surface area contributed by atoms with E-state index in [9.17, 15) is 4.79 Å². The maximum Gasteiger partial charge on any atom is 0.237 e. The molecule has 0 aromatic rings. The molecule has 1 unspecified atom stereocenters. The molecule has 1 aliphatic rings. The Balaban J connectivity index is 2.65. The highest BCUT2D eigenvalue weighted by atomic mass is 16.2. The Kier molecular flexibility index (Phi) is 8.07. The summed E-state index contributed by atoms with van der Waals surface area (Å²) >= 11 is 0. The SMILES string of the molecule is CCNC(=O)C(C)N(CCCN)C1CCCCCC1. The molecule has 0 radical (unpaired) electrons. The number of carbonyl (C=O) groups excluding carboxylic acids is 1. The van der Waals surface area contributed by atoms with Crippen molar-refractivity contribution in [1.29, 1.82) is 0 Å². The molecular formula is C15H31N3O. The molecule has 1 fully saturated rings. The topological polar surface area (TPSA) is 58.4 Å². The van der Waals surface area contributed by atoms with Gasteiger partial charge >= 0.3 is 0 Å². The fraction of sp³-hybridized carbons (Fsp3) is 0.933. The van der Waals surface area contributed by atoms with Crippen LogP contribution in [-0.2, 0) is 4.79 Å². The first-order valence-corrected chi connectivity index (χ1v) is 7.94. The molecule has 0 aliphatic heterocycles. The highest BCUT2D eigenvalue weighted by molar-refractivity contribution is 5.81. The molecule has 3 N–H and O–H groups in total. The highest BCUT2D eigenvalue weighted by Crippen LogP contribution is 2.23. The van der Waals surface area contributed by atoms with Crippen LogP contribution in [0.5, 0.6) is 0 Å². The quantitative estimate of drug-likeness (QED) is 0.694. The van der Waals surface area contributed by atoms with Crippen LogP contribution < -0.4 is 11.1 Å². The van der Waals surface area contributed by atoms with E-state index in [4.69, 9.17) is 5.73 Å². The summed E-state index contributed by atoms with van der Waals surface area (Å²) in [6.45, 7) is 6.36. The fourth-order valence-electron chi connectivity index (χ4n) is 3.03. The van der Waals surface area contributed by atoms with E-state index in [0.717, 1.165) is 13.0 Å². The van der Waals surface area contributed by atoms with Crippen molar-refractivity contribution in [2.75, 3.05) is 19.6 Å². The number of rotatable bonds is 7. The van der Waals surface area contributed by atoms with Gasteiger partial charge in [-0.05, 0) is 39.7 Å². The Morgan fingerprint density at radius 2 is 1.95 bits per heavy atom. The first-order valence-electron chi connectivity index (χ1n) is 7.94. The molecule has 1 amide bonds. The summed E-state index contributed by atoms with van der Waals surface area (Å²) in [4.78, 5) is 14.5. The number of likely N-dealkylation sites (N-methyl/N-ethyl adjacent to an activating group) is 1. The van der Waals surface area contributed by atoms with Gasteiger partial charge in [-0.15, -0.1) is 0 Å².